The summed E-state index contributed by atoms with van der Waals surface area (Å²) < 4.78 is 5.56. The van der Waals surface area contributed by atoms with E-state index in [2.05, 4.69) is 37.5 Å². The van der Waals surface area contributed by atoms with Crippen LogP contribution in [-0.2, 0) is 17.6 Å². The molecule has 0 radical (unpaired) electrons. The number of benzene rings is 1. The summed E-state index contributed by atoms with van der Waals surface area (Å²) in [5, 5.41) is 16.3. The van der Waals surface area contributed by atoms with E-state index in [-0.39, 0.29) is 23.0 Å². The Morgan fingerprint density at radius 1 is 1.37 bits per heavy atom. The highest BCUT2D eigenvalue weighted by molar-refractivity contribution is 7.80. The zero-order valence-corrected chi connectivity index (χ0v) is 19.4. The summed E-state index contributed by atoms with van der Waals surface area (Å²) in [6, 6.07) is 9.84. The SMILES string of the molecule is Cc1ccccc1OCC(=O)NC(=S)Nc1sc2c(c1C#N)CCC(C(C)(C)C)C2. The van der Waals surface area contributed by atoms with Gasteiger partial charge in [-0.2, -0.15) is 5.26 Å². The smallest absolute Gasteiger partial charge is 0.264 e. The van der Waals surface area contributed by atoms with Crippen LogP contribution in [0.15, 0.2) is 24.3 Å². The first-order valence-electron chi connectivity index (χ1n) is 10.0. The van der Waals surface area contributed by atoms with Crippen LogP contribution >= 0.6 is 23.6 Å². The standard InChI is InChI=1S/C23H27N3O2S2/c1-14-7-5-6-8-18(14)28-13-20(27)25-22(29)26-21-17(12-24)16-10-9-15(23(2,3)4)11-19(16)30-21/h5-8,15H,9-11,13H2,1-4H3,(H2,25,26,27,29). The lowest BCUT2D eigenvalue weighted by molar-refractivity contribution is -0.121. The van der Waals surface area contributed by atoms with Crippen LogP contribution in [0.2, 0.25) is 0 Å². The number of para-hydroxylation sites is 1. The molecule has 2 N–H and O–H groups in total. The first-order valence-corrected chi connectivity index (χ1v) is 11.3. The second kappa shape index (κ2) is 9.15. The first kappa shape index (κ1) is 22.3. The van der Waals surface area contributed by atoms with E-state index in [0.717, 1.165) is 30.4 Å². The van der Waals surface area contributed by atoms with Crippen LogP contribution in [0.25, 0.3) is 0 Å². The highest BCUT2D eigenvalue weighted by atomic mass is 32.1. The van der Waals surface area contributed by atoms with Gasteiger partial charge in [0.05, 0.1) is 5.56 Å². The van der Waals surface area contributed by atoms with Gasteiger partial charge in [-0.15, -0.1) is 11.3 Å². The Bertz CT molecular complexity index is 999. The second-order valence-electron chi connectivity index (χ2n) is 8.68. The van der Waals surface area contributed by atoms with Crippen LogP contribution in [0.1, 0.15) is 48.8 Å². The molecule has 7 heteroatoms. The topological polar surface area (TPSA) is 74.2 Å². The van der Waals surface area contributed by atoms with Crippen molar-refractivity contribution in [3.05, 3.63) is 45.8 Å². The molecule has 0 fully saturated rings. The molecule has 1 aliphatic rings. The number of hydrogen-bond donors (Lipinski definition) is 2. The van der Waals surface area contributed by atoms with Crippen LogP contribution in [0.4, 0.5) is 5.00 Å². The summed E-state index contributed by atoms with van der Waals surface area (Å²) in [6.07, 6.45) is 2.96. The maximum Gasteiger partial charge on any atom is 0.264 e. The molecule has 2 aromatic rings. The Morgan fingerprint density at radius 2 is 2.10 bits per heavy atom. The number of nitrogens with one attached hydrogen (secondary N) is 2. The quantitative estimate of drug-likeness (QED) is 0.655. The average molecular weight is 442 g/mol. The summed E-state index contributed by atoms with van der Waals surface area (Å²) in [4.78, 5) is 13.5. The van der Waals surface area contributed by atoms with Crippen molar-refractivity contribution in [3.63, 3.8) is 0 Å². The predicted molar refractivity (Wildman–Crippen MR) is 125 cm³/mol. The van der Waals surface area contributed by atoms with Crippen LogP contribution in [0.3, 0.4) is 0 Å². The number of anilines is 1. The van der Waals surface area contributed by atoms with Crippen LogP contribution in [0.5, 0.6) is 5.75 Å². The molecule has 0 spiro atoms. The lowest BCUT2D eigenvalue weighted by Gasteiger charge is -2.33. The minimum Gasteiger partial charge on any atom is -0.483 e. The summed E-state index contributed by atoms with van der Waals surface area (Å²) in [5.74, 6) is 0.911. The Hall–Kier alpha value is -2.43. The molecule has 1 heterocycles. The van der Waals surface area contributed by atoms with Crippen molar-refractivity contribution in [2.75, 3.05) is 11.9 Å². The molecule has 0 aliphatic heterocycles. The fourth-order valence-electron chi connectivity index (χ4n) is 3.69. The molecule has 3 rings (SSSR count). The summed E-state index contributed by atoms with van der Waals surface area (Å²) in [5.41, 5.74) is 2.97. The van der Waals surface area contributed by atoms with Gasteiger partial charge in [0, 0.05) is 4.88 Å². The molecule has 1 aromatic carbocycles. The van der Waals surface area contributed by atoms with E-state index in [4.69, 9.17) is 17.0 Å². The van der Waals surface area contributed by atoms with E-state index in [9.17, 15) is 10.1 Å². The van der Waals surface area contributed by atoms with Crippen molar-refractivity contribution in [1.29, 1.82) is 5.26 Å². The lowest BCUT2D eigenvalue weighted by atomic mass is 9.72. The first-order chi connectivity index (χ1) is 14.2. The van der Waals surface area contributed by atoms with Gasteiger partial charge < -0.3 is 10.1 Å². The number of rotatable bonds is 4. The average Bonchev–Trinajstić information content (AvgIpc) is 3.02. The normalized spacial score (nSPS) is 15.6. The van der Waals surface area contributed by atoms with Crippen molar-refractivity contribution in [2.45, 2.75) is 47.0 Å². The zero-order chi connectivity index (χ0) is 21.9. The van der Waals surface area contributed by atoms with Gasteiger partial charge in [0.25, 0.3) is 5.91 Å². The Kier molecular flexibility index (Phi) is 6.79. The number of fused-ring (bicyclic) bond motifs is 1. The van der Waals surface area contributed by atoms with Crippen molar-refractivity contribution in [2.24, 2.45) is 11.3 Å². The number of amides is 1. The van der Waals surface area contributed by atoms with Gasteiger partial charge in [-0.05, 0) is 66.9 Å². The molecule has 0 saturated heterocycles. The molecule has 158 valence electrons. The summed E-state index contributed by atoms with van der Waals surface area (Å²) in [6.45, 7) is 8.59. The van der Waals surface area contributed by atoms with Crippen LogP contribution in [0, 0.1) is 29.6 Å². The molecule has 1 amide bonds. The number of nitriles is 1. The predicted octanol–water partition coefficient (Wildman–Crippen LogP) is 4.97. The Balaban J connectivity index is 1.62. The zero-order valence-electron chi connectivity index (χ0n) is 17.8. The van der Waals surface area contributed by atoms with Gasteiger partial charge >= 0.3 is 0 Å². The molecule has 1 unspecified atom stereocenters. The minimum absolute atomic E-state index is 0.133. The van der Waals surface area contributed by atoms with Gasteiger partial charge in [-0.1, -0.05) is 39.0 Å². The summed E-state index contributed by atoms with van der Waals surface area (Å²) in [7, 11) is 0. The molecule has 0 saturated carbocycles. The van der Waals surface area contributed by atoms with Crippen LogP contribution in [-0.4, -0.2) is 17.6 Å². The highest BCUT2D eigenvalue weighted by Crippen LogP contribution is 2.43. The van der Waals surface area contributed by atoms with Crippen molar-refractivity contribution in [1.82, 2.24) is 5.32 Å². The van der Waals surface area contributed by atoms with Gasteiger partial charge in [0.2, 0.25) is 0 Å². The number of hydrogen-bond acceptors (Lipinski definition) is 5. The third kappa shape index (κ3) is 5.18. The van der Waals surface area contributed by atoms with E-state index < -0.39 is 0 Å². The lowest BCUT2D eigenvalue weighted by Crippen LogP contribution is -2.37. The Labute approximate surface area is 187 Å². The molecule has 1 aliphatic carbocycles. The van der Waals surface area contributed by atoms with E-state index in [1.165, 1.54) is 4.88 Å². The maximum atomic E-state index is 12.2. The second-order valence-corrected chi connectivity index (χ2v) is 10.2. The van der Waals surface area contributed by atoms with Crippen LogP contribution < -0.4 is 15.4 Å². The number of nitrogens with zero attached hydrogens (tertiary/aromatic N) is 1. The highest BCUT2D eigenvalue weighted by Gasteiger charge is 2.32. The van der Waals surface area contributed by atoms with Gasteiger partial charge in [0.15, 0.2) is 11.7 Å². The Morgan fingerprint density at radius 3 is 2.77 bits per heavy atom. The van der Waals surface area contributed by atoms with Crippen molar-refractivity contribution < 1.29 is 9.53 Å². The maximum absolute atomic E-state index is 12.2. The fourth-order valence-corrected chi connectivity index (χ4v) is 5.25. The van der Waals surface area contributed by atoms with Crippen molar-refractivity contribution in [3.8, 4) is 11.8 Å². The van der Waals surface area contributed by atoms with E-state index >= 15 is 0 Å². The minimum atomic E-state index is -0.344. The van der Waals surface area contributed by atoms with Gasteiger partial charge in [-0.3, -0.25) is 10.1 Å². The molecule has 30 heavy (non-hydrogen) atoms. The van der Waals surface area contributed by atoms with Gasteiger partial charge in [-0.25, -0.2) is 0 Å². The van der Waals surface area contributed by atoms with E-state index in [1.807, 2.05) is 31.2 Å². The number of ether oxygens (including phenoxy) is 1. The van der Waals surface area contributed by atoms with E-state index in [1.54, 1.807) is 11.3 Å². The fraction of sp³-hybridized carbons (Fsp3) is 0.435. The monoisotopic (exact) mass is 441 g/mol. The number of thiocarbonyl (C=S) groups is 1. The third-order valence-electron chi connectivity index (χ3n) is 5.53. The molecule has 1 atom stereocenters. The number of thiophene rings is 1. The van der Waals surface area contributed by atoms with Crippen molar-refractivity contribution >= 4 is 39.6 Å². The number of carbonyl (C=O) groups is 1. The van der Waals surface area contributed by atoms with E-state index in [0.29, 0.717) is 22.2 Å². The molecule has 0 bridgehead atoms. The van der Waals surface area contributed by atoms with Gasteiger partial charge in [0.1, 0.15) is 16.8 Å². The number of aryl methyl sites for hydroxylation is 1. The molecular weight excluding hydrogens is 414 g/mol. The third-order valence-corrected chi connectivity index (χ3v) is 6.91. The summed E-state index contributed by atoms with van der Waals surface area (Å²) >= 11 is 6.87. The largest absolute Gasteiger partial charge is 0.483 e. The number of carbonyl (C=O) groups excluding carboxylic acids is 1. The molecule has 1 aromatic heterocycles. The molecular formula is C23H27N3O2S2. The molecule has 5 nitrogen and oxygen atoms in total.